The van der Waals surface area contributed by atoms with Gasteiger partial charge in [0.25, 0.3) is 5.91 Å². The average Bonchev–Trinajstić information content (AvgIpc) is 3.53. The molecule has 32 heavy (non-hydrogen) atoms. The van der Waals surface area contributed by atoms with Crippen molar-refractivity contribution < 1.29 is 9.59 Å². The molecule has 2 N–H and O–H groups in total. The highest BCUT2D eigenvalue weighted by Crippen LogP contribution is 2.24. The minimum atomic E-state index is -0.152. The molecule has 7 heteroatoms. The Labute approximate surface area is 190 Å². The van der Waals surface area contributed by atoms with Crippen LogP contribution >= 0.6 is 11.3 Å². The minimum Gasteiger partial charge on any atom is -0.352 e. The third-order valence-corrected chi connectivity index (χ3v) is 5.77. The fraction of sp³-hybridized carbons (Fsp3) is 0.160. The van der Waals surface area contributed by atoms with E-state index < -0.39 is 0 Å². The Hall–Kier alpha value is -3.71. The molecule has 0 aliphatic heterocycles. The summed E-state index contributed by atoms with van der Waals surface area (Å²) < 4.78 is 1.89. The summed E-state index contributed by atoms with van der Waals surface area (Å²) in [5.74, 6) is -0.250. The topological polar surface area (TPSA) is 76.0 Å². The molecule has 0 saturated heterocycles. The highest BCUT2D eigenvalue weighted by molar-refractivity contribution is 7.08. The molecule has 0 unspecified atom stereocenters. The number of nitrogens with one attached hydrogen (secondary N) is 2. The van der Waals surface area contributed by atoms with Crippen LogP contribution in [0.4, 0.5) is 0 Å². The highest BCUT2D eigenvalue weighted by Gasteiger charge is 2.09. The summed E-state index contributed by atoms with van der Waals surface area (Å²) in [5.41, 5.74) is 5.03. The normalized spacial score (nSPS) is 10.6. The molecule has 6 nitrogen and oxygen atoms in total. The molecule has 0 spiro atoms. The molecule has 2 aromatic carbocycles. The predicted octanol–water partition coefficient (Wildman–Crippen LogP) is 4.10. The number of carbonyl (C=O) groups excluding carboxylic acids is 2. The van der Waals surface area contributed by atoms with Gasteiger partial charge in [0.2, 0.25) is 5.91 Å². The fourth-order valence-corrected chi connectivity index (χ4v) is 4.03. The standard InChI is InChI=1S/C25H24N4O2S/c30-24(10-13-26-25(31)22-11-15-32-18-22)27-16-21-4-1-2-5-23(21)20-8-6-19(7-9-20)17-29-14-3-12-28-29/h1-9,11-12,14-15,18H,10,13,16-17H2,(H,26,31)(H,27,30). The van der Waals surface area contributed by atoms with E-state index in [1.807, 2.05) is 40.5 Å². The number of amides is 2. The zero-order valence-corrected chi connectivity index (χ0v) is 18.3. The van der Waals surface area contributed by atoms with Crippen LogP contribution in [0, 0.1) is 0 Å². The second-order valence-electron chi connectivity index (χ2n) is 7.35. The van der Waals surface area contributed by atoms with E-state index in [2.05, 4.69) is 46.1 Å². The molecular weight excluding hydrogens is 420 g/mol. The number of aromatic nitrogens is 2. The summed E-state index contributed by atoms with van der Waals surface area (Å²) in [6.07, 6.45) is 3.95. The zero-order valence-electron chi connectivity index (χ0n) is 17.5. The molecular formula is C25H24N4O2S. The van der Waals surface area contributed by atoms with Crippen LogP contribution in [0.5, 0.6) is 0 Å². The number of hydrogen-bond acceptors (Lipinski definition) is 4. The van der Waals surface area contributed by atoms with Crippen molar-refractivity contribution in [2.75, 3.05) is 6.54 Å². The highest BCUT2D eigenvalue weighted by atomic mass is 32.1. The molecule has 0 saturated carbocycles. The number of benzene rings is 2. The minimum absolute atomic E-state index is 0.0972. The molecule has 4 rings (SSSR count). The Morgan fingerprint density at radius 1 is 0.969 bits per heavy atom. The second-order valence-corrected chi connectivity index (χ2v) is 8.13. The maximum atomic E-state index is 12.3. The average molecular weight is 445 g/mol. The number of hydrogen-bond donors (Lipinski definition) is 2. The Kier molecular flexibility index (Phi) is 7.09. The number of rotatable bonds is 9. The van der Waals surface area contributed by atoms with Crippen molar-refractivity contribution in [3.63, 3.8) is 0 Å². The smallest absolute Gasteiger partial charge is 0.252 e. The lowest BCUT2D eigenvalue weighted by Crippen LogP contribution is -2.30. The van der Waals surface area contributed by atoms with Crippen molar-refractivity contribution in [1.82, 2.24) is 20.4 Å². The van der Waals surface area contributed by atoms with Gasteiger partial charge in [0.1, 0.15) is 0 Å². The molecule has 0 radical (unpaired) electrons. The molecule has 162 valence electrons. The van der Waals surface area contributed by atoms with Gasteiger partial charge in [0, 0.05) is 42.8 Å². The van der Waals surface area contributed by atoms with Gasteiger partial charge in [-0.25, -0.2) is 0 Å². The lowest BCUT2D eigenvalue weighted by Gasteiger charge is -2.12. The SMILES string of the molecule is O=C(CCNC(=O)c1ccsc1)NCc1ccccc1-c1ccc(Cn2cccn2)cc1. The van der Waals surface area contributed by atoms with E-state index in [4.69, 9.17) is 0 Å². The van der Waals surface area contributed by atoms with E-state index in [9.17, 15) is 9.59 Å². The van der Waals surface area contributed by atoms with Crippen LogP contribution in [-0.4, -0.2) is 28.1 Å². The molecule has 0 aliphatic carbocycles. The van der Waals surface area contributed by atoms with Gasteiger partial charge in [0.05, 0.1) is 6.54 Å². The summed E-state index contributed by atoms with van der Waals surface area (Å²) in [6, 6.07) is 20.1. The van der Waals surface area contributed by atoms with E-state index in [1.165, 1.54) is 16.9 Å². The van der Waals surface area contributed by atoms with Gasteiger partial charge in [-0.15, -0.1) is 0 Å². The van der Waals surface area contributed by atoms with Gasteiger partial charge < -0.3 is 10.6 Å². The van der Waals surface area contributed by atoms with E-state index in [-0.39, 0.29) is 18.2 Å². The van der Waals surface area contributed by atoms with Gasteiger partial charge in [-0.2, -0.15) is 16.4 Å². The van der Waals surface area contributed by atoms with Crippen molar-refractivity contribution in [3.8, 4) is 11.1 Å². The Morgan fingerprint density at radius 2 is 1.81 bits per heavy atom. The van der Waals surface area contributed by atoms with Crippen LogP contribution in [0.2, 0.25) is 0 Å². The first kappa shape index (κ1) is 21.5. The Bertz CT molecular complexity index is 1150. The maximum Gasteiger partial charge on any atom is 0.252 e. The first-order valence-corrected chi connectivity index (χ1v) is 11.3. The van der Waals surface area contributed by atoms with Gasteiger partial charge >= 0.3 is 0 Å². The molecule has 0 bridgehead atoms. The molecule has 4 aromatic rings. The van der Waals surface area contributed by atoms with Crippen LogP contribution in [0.3, 0.4) is 0 Å². The zero-order chi connectivity index (χ0) is 22.2. The summed E-state index contributed by atoms with van der Waals surface area (Å²) >= 11 is 1.47. The summed E-state index contributed by atoms with van der Waals surface area (Å²) in [7, 11) is 0. The van der Waals surface area contributed by atoms with Crippen molar-refractivity contribution >= 4 is 23.2 Å². The van der Waals surface area contributed by atoms with Gasteiger partial charge in [-0.3, -0.25) is 14.3 Å². The predicted molar refractivity (Wildman–Crippen MR) is 126 cm³/mol. The van der Waals surface area contributed by atoms with Gasteiger partial charge in [-0.05, 0) is 39.8 Å². The molecule has 0 aliphatic rings. The number of carbonyl (C=O) groups is 2. The van der Waals surface area contributed by atoms with Crippen LogP contribution in [0.1, 0.15) is 27.9 Å². The first-order valence-electron chi connectivity index (χ1n) is 10.4. The largest absolute Gasteiger partial charge is 0.352 e. The number of thiophene rings is 1. The first-order chi connectivity index (χ1) is 15.7. The van der Waals surface area contributed by atoms with E-state index >= 15 is 0 Å². The number of nitrogens with zero attached hydrogens (tertiary/aromatic N) is 2. The van der Waals surface area contributed by atoms with Crippen LogP contribution < -0.4 is 10.6 Å². The third-order valence-electron chi connectivity index (χ3n) is 5.08. The Morgan fingerprint density at radius 3 is 2.56 bits per heavy atom. The third kappa shape index (κ3) is 5.70. The molecule has 2 amide bonds. The molecule has 0 fully saturated rings. The van der Waals surface area contributed by atoms with Crippen molar-refractivity contribution in [2.24, 2.45) is 0 Å². The lowest BCUT2D eigenvalue weighted by atomic mass is 9.98. The molecule has 2 heterocycles. The van der Waals surface area contributed by atoms with Crippen molar-refractivity contribution in [1.29, 1.82) is 0 Å². The van der Waals surface area contributed by atoms with E-state index in [0.29, 0.717) is 18.7 Å². The van der Waals surface area contributed by atoms with E-state index in [1.54, 1.807) is 17.6 Å². The van der Waals surface area contributed by atoms with Crippen LogP contribution in [0.25, 0.3) is 11.1 Å². The van der Waals surface area contributed by atoms with Gasteiger partial charge in [0.15, 0.2) is 0 Å². The quantitative estimate of drug-likeness (QED) is 0.408. The van der Waals surface area contributed by atoms with Crippen molar-refractivity contribution in [3.05, 3.63) is 101 Å². The van der Waals surface area contributed by atoms with Gasteiger partial charge in [-0.1, -0.05) is 48.5 Å². The van der Waals surface area contributed by atoms with Crippen LogP contribution in [0.15, 0.2) is 83.8 Å². The Balaban J connectivity index is 1.31. The second kappa shape index (κ2) is 10.5. The summed E-state index contributed by atoms with van der Waals surface area (Å²) in [4.78, 5) is 24.2. The molecule has 0 atom stereocenters. The van der Waals surface area contributed by atoms with Crippen molar-refractivity contribution in [2.45, 2.75) is 19.5 Å². The summed E-state index contributed by atoms with van der Waals surface area (Å²) in [6.45, 7) is 1.47. The summed E-state index contributed by atoms with van der Waals surface area (Å²) in [5, 5.41) is 13.6. The lowest BCUT2D eigenvalue weighted by molar-refractivity contribution is -0.121. The monoisotopic (exact) mass is 444 g/mol. The van der Waals surface area contributed by atoms with Crippen LogP contribution in [-0.2, 0) is 17.9 Å². The molecule has 2 aromatic heterocycles. The van der Waals surface area contributed by atoms with E-state index in [0.717, 1.165) is 23.2 Å². The fourth-order valence-electron chi connectivity index (χ4n) is 3.39. The maximum absolute atomic E-state index is 12.3.